The third kappa shape index (κ3) is 3.81. The Morgan fingerprint density at radius 2 is 2.23 bits per heavy atom. The molecule has 5 heteroatoms. The lowest BCUT2D eigenvalue weighted by Crippen LogP contribution is -2.45. The summed E-state index contributed by atoms with van der Waals surface area (Å²) in [5.74, 6) is 0.0177. The lowest BCUT2D eigenvalue weighted by molar-refractivity contribution is -0.122. The van der Waals surface area contributed by atoms with Crippen molar-refractivity contribution < 1.29 is 9.90 Å². The number of carbonyl (C=O) groups is 1. The van der Waals surface area contributed by atoms with Crippen molar-refractivity contribution in [3.8, 4) is 0 Å². The molecule has 0 saturated carbocycles. The number of hydrogen-bond acceptors (Lipinski definition) is 2. The number of aliphatic hydroxyl groups is 1. The minimum Gasteiger partial charge on any atom is -0.388 e. The maximum Gasteiger partial charge on any atom is 0.224 e. The second-order valence-electron chi connectivity index (χ2n) is 6.12. The second-order valence-corrected chi connectivity index (χ2v) is 6.56. The standard InChI is InChI=1S/C17H23ClN2O2/c1-4-11(2)17(3,22)10-20-16(21)7-12-9-19-15-6-5-13(18)8-14(12)15/h5-6,8-9,11,19,22H,4,7,10H2,1-3H3,(H,20,21). The van der Waals surface area contributed by atoms with Gasteiger partial charge in [-0.05, 0) is 36.6 Å². The molecule has 4 nitrogen and oxygen atoms in total. The summed E-state index contributed by atoms with van der Waals surface area (Å²) in [4.78, 5) is 15.3. The number of hydrogen-bond donors (Lipinski definition) is 3. The first-order valence-corrected chi connectivity index (χ1v) is 7.96. The van der Waals surface area contributed by atoms with Gasteiger partial charge in [0.05, 0.1) is 12.0 Å². The van der Waals surface area contributed by atoms with Gasteiger partial charge in [0.2, 0.25) is 5.91 Å². The molecule has 0 aliphatic rings. The third-order valence-corrected chi connectivity index (χ3v) is 4.63. The van der Waals surface area contributed by atoms with Gasteiger partial charge >= 0.3 is 0 Å². The van der Waals surface area contributed by atoms with Crippen LogP contribution in [0, 0.1) is 5.92 Å². The molecule has 120 valence electrons. The van der Waals surface area contributed by atoms with Gasteiger partial charge in [0, 0.05) is 28.7 Å². The predicted octanol–water partition coefficient (Wildman–Crippen LogP) is 3.28. The Bertz CT molecular complexity index is 664. The Balaban J connectivity index is 2.01. The fraction of sp³-hybridized carbons (Fsp3) is 0.471. The van der Waals surface area contributed by atoms with Gasteiger partial charge in [-0.25, -0.2) is 0 Å². The van der Waals surface area contributed by atoms with E-state index in [-0.39, 0.29) is 24.8 Å². The molecule has 3 N–H and O–H groups in total. The lowest BCUT2D eigenvalue weighted by Gasteiger charge is -2.29. The van der Waals surface area contributed by atoms with Crippen molar-refractivity contribution in [3.05, 3.63) is 35.0 Å². The van der Waals surface area contributed by atoms with E-state index in [4.69, 9.17) is 11.6 Å². The molecule has 0 radical (unpaired) electrons. The van der Waals surface area contributed by atoms with E-state index in [0.717, 1.165) is 22.9 Å². The minimum atomic E-state index is -0.895. The van der Waals surface area contributed by atoms with E-state index in [1.807, 2.05) is 38.2 Å². The Hall–Kier alpha value is -1.52. The highest BCUT2D eigenvalue weighted by atomic mass is 35.5. The van der Waals surface area contributed by atoms with Gasteiger partial charge in [-0.2, -0.15) is 0 Å². The van der Waals surface area contributed by atoms with Crippen molar-refractivity contribution >= 4 is 28.4 Å². The van der Waals surface area contributed by atoms with Crippen LogP contribution >= 0.6 is 11.6 Å². The van der Waals surface area contributed by atoms with E-state index in [2.05, 4.69) is 10.3 Å². The zero-order valence-electron chi connectivity index (χ0n) is 13.2. The van der Waals surface area contributed by atoms with Crippen LogP contribution in [0.3, 0.4) is 0 Å². The summed E-state index contributed by atoms with van der Waals surface area (Å²) in [5.41, 5.74) is 0.963. The molecule has 2 atom stereocenters. The highest BCUT2D eigenvalue weighted by Crippen LogP contribution is 2.23. The van der Waals surface area contributed by atoms with Crippen LogP contribution in [0.4, 0.5) is 0 Å². The van der Waals surface area contributed by atoms with Crippen molar-refractivity contribution in [2.75, 3.05) is 6.54 Å². The van der Waals surface area contributed by atoms with Gasteiger partial charge in [-0.15, -0.1) is 0 Å². The molecule has 2 aromatic rings. The topological polar surface area (TPSA) is 65.1 Å². The summed E-state index contributed by atoms with van der Waals surface area (Å²) in [5, 5.41) is 14.7. The molecule has 2 unspecified atom stereocenters. The van der Waals surface area contributed by atoms with Crippen LogP contribution < -0.4 is 5.32 Å². The van der Waals surface area contributed by atoms with E-state index >= 15 is 0 Å². The minimum absolute atomic E-state index is 0.107. The number of nitrogens with one attached hydrogen (secondary N) is 2. The monoisotopic (exact) mass is 322 g/mol. The SMILES string of the molecule is CCC(C)C(C)(O)CNC(=O)Cc1c[nH]c2ccc(Cl)cc12. The molecule has 1 aromatic carbocycles. The maximum atomic E-state index is 12.1. The van der Waals surface area contributed by atoms with Crippen LogP contribution in [-0.2, 0) is 11.2 Å². The fourth-order valence-electron chi connectivity index (χ4n) is 2.42. The average molecular weight is 323 g/mol. The Morgan fingerprint density at radius 3 is 2.91 bits per heavy atom. The number of aromatic amines is 1. The van der Waals surface area contributed by atoms with Crippen LogP contribution in [0.25, 0.3) is 10.9 Å². The van der Waals surface area contributed by atoms with E-state index < -0.39 is 5.60 Å². The first-order valence-electron chi connectivity index (χ1n) is 7.58. The molecular weight excluding hydrogens is 300 g/mol. The molecule has 0 aliphatic carbocycles. The number of carbonyl (C=O) groups excluding carboxylic acids is 1. The molecule has 0 spiro atoms. The first kappa shape index (κ1) is 16.8. The Kier molecular flexibility index (Phi) is 5.14. The van der Waals surface area contributed by atoms with Gasteiger partial charge in [0.15, 0.2) is 0 Å². The highest BCUT2D eigenvalue weighted by Gasteiger charge is 2.27. The summed E-state index contributed by atoms with van der Waals surface area (Å²) >= 11 is 6.01. The van der Waals surface area contributed by atoms with Crippen molar-refractivity contribution in [1.82, 2.24) is 10.3 Å². The largest absolute Gasteiger partial charge is 0.388 e. The summed E-state index contributed by atoms with van der Waals surface area (Å²) < 4.78 is 0. The number of halogens is 1. The van der Waals surface area contributed by atoms with Crippen molar-refractivity contribution in [3.63, 3.8) is 0 Å². The Morgan fingerprint density at radius 1 is 1.50 bits per heavy atom. The molecule has 0 bridgehead atoms. The molecule has 22 heavy (non-hydrogen) atoms. The van der Waals surface area contributed by atoms with Crippen molar-refractivity contribution in [2.24, 2.45) is 5.92 Å². The summed E-state index contributed by atoms with van der Waals surface area (Å²) in [7, 11) is 0. The number of benzene rings is 1. The van der Waals surface area contributed by atoms with Crippen LogP contribution in [0.15, 0.2) is 24.4 Å². The highest BCUT2D eigenvalue weighted by molar-refractivity contribution is 6.31. The van der Waals surface area contributed by atoms with Gasteiger partial charge in [0.1, 0.15) is 0 Å². The van der Waals surface area contributed by atoms with Crippen LogP contribution in [-0.4, -0.2) is 28.1 Å². The first-order chi connectivity index (χ1) is 10.3. The number of amides is 1. The smallest absolute Gasteiger partial charge is 0.224 e. The van der Waals surface area contributed by atoms with Crippen LogP contribution in [0.1, 0.15) is 32.8 Å². The van der Waals surface area contributed by atoms with Crippen LogP contribution in [0.2, 0.25) is 5.02 Å². The summed E-state index contributed by atoms with van der Waals surface area (Å²) in [6.45, 7) is 6.02. The number of H-pyrrole nitrogens is 1. The summed E-state index contributed by atoms with van der Waals surface area (Å²) in [6, 6.07) is 5.56. The van der Waals surface area contributed by atoms with E-state index in [0.29, 0.717) is 5.02 Å². The number of aromatic nitrogens is 1. The molecule has 1 aromatic heterocycles. The molecule has 0 fully saturated rings. The average Bonchev–Trinajstić information content (AvgIpc) is 2.86. The molecule has 0 saturated heterocycles. The second kappa shape index (κ2) is 6.71. The Labute approximate surface area is 135 Å². The maximum absolute atomic E-state index is 12.1. The molecule has 0 aliphatic heterocycles. The quantitative estimate of drug-likeness (QED) is 0.764. The fourth-order valence-corrected chi connectivity index (χ4v) is 2.60. The molecular formula is C17H23ClN2O2. The molecule has 2 rings (SSSR count). The number of fused-ring (bicyclic) bond motifs is 1. The van der Waals surface area contributed by atoms with E-state index in [1.54, 1.807) is 6.92 Å². The van der Waals surface area contributed by atoms with Crippen molar-refractivity contribution in [2.45, 2.75) is 39.2 Å². The molecule has 1 heterocycles. The zero-order chi connectivity index (χ0) is 16.3. The third-order valence-electron chi connectivity index (χ3n) is 4.40. The molecule has 1 amide bonds. The number of rotatable bonds is 6. The van der Waals surface area contributed by atoms with E-state index in [1.165, 1.54) is 0 Å². The van der Waals surface area contributed by atoms with Crippen molar-refractivity contribution in [1.29, 1.82) is 0 Å². The zero-order valence-corrected chi connectivity index (χ0v) is 14.0. The van der Waals surface area contributed by atoms with Gasteiger partial charge in [-0.3, -0.25) is 4.79 Å². The van der Waals surface area contributed by atoms with Gasteiger partial charge in [-0.1, -0.05) is 31.9 Å². The van der Waals surface area contributed by atoms with Gasteiger partial charge in [0.25, 0.3) is 0 Å². The summed E-state index contributed by atoms with van der Waals surface area (Å²) in [6.07, 6.45) is 2.95. The normalized spacial score (nSPS) is 15.5. The van der Waals surface area contributed by atoms with Crippen LogP contribution in [0.5, 0.6) is 0 Å². The lowest BCUT2D eigenvalue weighted by atomic mass is 9.88. The van der Waals surface area contributed by atoms with Gasteiger partial charge < -0.3 is 15.4 Å². The van der Waals surface area contributed by atoms with E-state index in [9.17, 15) is 9.90 Å². The predicted molar refractivity (Wildman–Crippen MR) is 90.1 cm³/mol.